The molecule has 2 N–H and O–H groups in total. The molecule has 2 aromatic rings. The molecule has 18 heavy (non-hydrogen) atoms. The Kier molecular flexibility index (Phi) is 6.09. The Morgan fingerprint density at radius 1 is 0.944 bits per heavy atom. The van der Waals surface area contributed by atoms with Gasteiger partial charge in [-0.1, -0.05) is 49.4 Å². The third-order valence-electron chi connectivity index (χ3n) is 2.86. The van der Waals surface area contributed by atoms with Crippen LogP contribution in [-0.4, -0.2) is 7.05 Å². The topological polar surface area (TPSA) is 26.0 Å². The molecule has 0 aliphatic heterocycles. The van der Waals surface area contributed by atoms with Gasteiger partial charge >= 0.3 is 0 Å². The van der Waals surface area contributed by atoms with E-state index < -0.39 is 0 Å². The van der Waals surface area contributed by atoms with E-state index in [0.717, 1.165) is 12.0 Å². The second kappa shape index (κ2) is 7.62. The fourth-order valence-corrected chi connectivity index (χ4v) is 2.07. The van der Waals surface area contributed by atoms with Crippen molar-refractivity contribution in [3.8, 4) is 0 Å². The summed E-state index contributed by atoms with van der Waals surface area (Å²) >= 11 is 0. The van der Waals surface area contributed by atoms with Crippen molar-refractivity contribution in [1.29, 1.82) is 0 Å². The molecule has 96 valence electrons. The average molecular weight is 245 g/mol. The summed E-state index contributed by atoms with van der Waals surface area (Å²) in [6.07, 6.45) is 0.980. The van der Waals surface area contributed by atoms with Crippen LogP contribution >= 0.6 is 0 Å². The summed E-state index contributed by atoms with van der Waals surface area (Å²) in [5, 5.41) is 0. The smallest absolute Gasteiger partial charge is 0.123 e. The van der Waals surface area contributed by atoms with Crippen LogP contribution in [0, 0.1) is 5.82 Å². The minimum Gasteiger partial charge on any atom is -0.333 e. The van der Waals surface area contributed by atoms with Crippen molar-refractivity contribution >= 4 is 0 Å². The Morgan fingerprint density at radius 3 is 2.11 bits per heavy atom. The van der Waals surface area contributed by atoms with E-state index in [1.807, 2.05) is 24.3 Å². The lowest BCUT2D eigenvalue weighted by Crippen LogP contribution is -1.99. The lowest BCUT2D eigenvalue weighted by Gasteiger charge is -2.15. The van der Waals surface area contributed by atoms with Gasteiger partial charge in [0.2, 0.25) is 0 Å². The molecule has 0 aromatic heterocycles. The number of hydrogen-bond donors (Lipinski definition) is 1. The summed E-state index contributed by atoms with van der Waals surface area (Å²) < 4.78 is 13.2. The Bertz CT molecular complexity index is 454. The Hall–Kier alpha value is -1.67. The predicted molar refractivity (Wildman–Crippen MR) is 75.1 cm³/mol. The molecule has 2 heteroatoms. The summed E-state index contributed by atoms with van der Waals surface area (Å²) in [7, 11) is 1.50. The van der Waals surface area contributed by atoms with Crippen LogP contribution in [0.2, 0.25) is 0 Å². The van der Waals surface area contributed by atoms with Gasteiger partial charge in [0, 0.05) is 5.92 Å². The molecular formula is C16H20FN. The van der Waals surface area contributed by atoms with Gasteiger partial charge in [-0.15, -0.1) is 0 Å². The molecular weight excluding hydrogens is 225 g/mol. The predicted octanol–water partition coefficient (Wildman–Crippen LogP) is 3.94. The first kappa shape index (κ1) is 14.4. The maximum atomic E-state index is 13.2. The molecule has 0 spiro atoms. The SMILES string of the molecule is CCC(c1ccccc1)c1cccc(F)c1.CN. The van der Waals surface area contributed by atoms with Crippen LogP contribution in [0.25, 0.3) is 0 Å². The summed E-state index contributed by atoms with van der Waals surface area (Å²) in [4.78, 5) is 0. The van der Waals surface area contributed by atoms with Gasteiger partial charge in [0.25, 0.3) is 0 Å². The van der Waals surface area contributed by atoms with E-state index in [1.54, 1.807) is 12.1 Å². The van der Waals surface area contributed by atoms with Crippen molar-refractivity contribution < 1.29 is 4.39 Å². The molecule has 1 nitrogen and oxygen atoms in total. The van der Waals surface area contributed by atoms with E-state index in [2.05, 4.69) is 24.8 Å². The van der Waals surface area contributed by atoms with E-state index in [9.17, 15) is 4.39 Å². The Balaban J connectivity index is 0.000000771. The summed E-state index contributed by atoms with van der Waals surface area (Å²) in [6.45, 7) is 2.13. The van der Waals surface area contributed by atoms with E-state index >= 15 is 0 Å². The van der Waals surface area contributed by atoms with Crippen molar-refractivity contribution in [2.24, 2.45) is 5.73 Å². The van der Waals surface area contributed by atoms with Gasteiger partial charge in [0.15, 0.2) is 0 Å². The van der Waals surface area contributed by atoms with Crippen LogP contribution in [0.4, 0.5) is 4.39 Å². The van der Waals surface area contributed by atoms with Crippen LogP contribution in [0.5, 0.6) is 0 Å². The highest BCUT2D eigenvalue weighted by Crippen LogP contribution is 2.27. The van der Waals surface area contributed by atoms with Gasteiger partial charge in [0.05, 0.1) is 0 Å². The largest absolute Gasteiger partial charge is 0.333 e. The number of hydrogen-bond acceptors (Lipinski definition) is 1. The van der Waals surface area contributed by atoms with Crippen molar-refractivity contribution in [3.05, 3.63) is 71.5 Å². The van der Waals surface area contributed by atoms with Gasteiger partial charge in [-0.2, -0.15) is 0 Å². The normalized spacial score (nSPS) is 11.3. The van der Waals surface area contributed by atoms with E-state index in [0.29, 0.717) is 0 Å². The van der Waals surface area contributed by atoms with Crippen LogP contribution in [-0.2, 0) is 0 Å². The molecule has 0 saturated heterocycles. The third kappa shape index (κ3) is 3.67. The quantitative estimate of drug-likeness (QED) is 0.870. The zero-order valence-corrected chi connectivity index (χ0v) is 10.9. The highest BCUT2D eigenvalue weighted by atomic mass is 19.1. The highest BCUT2D eigenvalue weighted by Gasteiger charge is 2.11. The lowest BCUT2D eigenvalue weighted by atomic mass is 9.89. The van der Waals surface area contributed by atoms with Crippen LogP contribution in [0.1, 0.15) is 30.4 Å². The molecule has 1 unspecified atom stereocenters. The molecule has 0 aliphatic rings. The Labute approximate surface area is 108 Å². The first-order valence-corrected chi connectivity index (χ1v) is 6.19. The molecule has 2 aromatic carbocycles. The summed E-state index contributed by atoms with van der Waals surface area (Å²) in [5.41, 5.74) is 6.80. The maximum Gasteiger partial charge on any atom is 0.123 e. The lowest BCUT2D eigenvalue weighted by molar-refractivity contribution is 0.622. The number of nitrogens with two attached hydrogens (primary N) is 1. The van der Waals surface area contributed by atoms with Crippen LogP contribution in [0.3, 0.4) is 0 Å². The second-order valence-corrected chi connectivity index (χ2v) is 3.93. The zero-order chi connectivity index (χ0) is 13.4. The molecule has 1 atom stereocenters. The summed E-state index contributed by atoms with van der Waals surface area (Å²) in [5.74, 6) is 0.129. The third-order valence-corrected chi connectivity index (χ3v) is 2.86. The summed E-state index contributed by atoms with van der Waals surface area (Å²) in [6, 6.07) is 17.1. The zero-order valence-electron chi connectivity index (χ0n) is 10.9. The van der Waals surface area contributed by atoms with Gasteiger partial charge in [-0.25, -0.2) is 4.39 Å². The molecule has 0 radical (unpaired) electrons. The Morgan fingerprint density at radius 2 is 1.56 bits per heavy atom. The van der Waals surface area contributed by atoms with Gasteiger partial charge in [0.1, 0.15) is 5.82 Å². The number of rotatable bonds is 3. The molecule has 2 rings (SSSR count). The monoisotopic (exact) mass is 245 g/mol. The molecule has 0 aliphatic carbocycles. The molecule has 0 saturated carbocycles. The van der Waals surface area contributed by atoms with Gasteiger partial charge in [-0.3, -0.25) is 0 Å². The second-order valence-electron chi connectivity index (χ2n) is 3.93. The molecule has 0 amide bonds. The van der Waals surface area contributed by atoms with E-state index in [4.69, 9.17) is 0 Å². The molecule has 0 heterocycles. The van der Waals surface area contributed by atoms with Gasteiger partial charge in [-0.05, 0) is 36.7 Å². The fourth-order valence-electron chi connectivity index (χ4n) is 2.07. The van der Waals surface area contributed by atoms with E-state index in [-0.39, 0.29) is 11.7 Å². The minimum absolute atomic E-state index is 0.160. The van der Waals surface area contributed by atoms with Crippen molar-refractivity contribution in [3.63, 3.8) is 0 Å². The minimum atomic E-state index is -0.160. The van der Waals surface area contributed by atoms with Crippen molar-refractivity contribution in [1.82, 2.24) is 0 Å². The fraction of sp³-hybridized carbons (Fsp3) is 0.250. The molecule has 0 fully saturated rings. The number of benzene rings is 2. The molecule has 0 bridgehead atoms. The first-order valence-electron chi connectivity index (χ1n) is 6.19. The van der Waals surface area contributed by atoms with Crippen molar-refractivity contribution in [2.45, 2.75) is 19.3 Å². The van der Waals surface area contributed by atoms with Crippen LogP contribution < -0.4 is 5.73 Å². The highest BCUT2D eigenvalue weighted by molar-refractivity contribution is 5.32. The van der Waals surface area contributed by atoms with Crippen LogP contribution in [0.15, 0.2) is 54.6 Å². The standard InChI is InChI=1S/C15H15F.CH5N/c1-2-15(12-7-4-3-5-8-12)13-9-6-10-14(16)11-13;1-2/h3-11,15H,2H2,1H3;2H2,1H3. The first-order chi connectivity index (χ1) is 8.81. The average Bonchev–Trinajstić information content (AvgIpc) is 2.43. The number of halogens is 1. The van der Waals surface area contributed by atoms with Gasteiger partial charge < -0.3 is 5.73 Å². The maximum absolute atomic E-state index is 13.2. The van der Waals surface area contributed by atoms with E-state index in [1.165, 1.54) is 18.7 Å². The van der Waals surface area contributed by atoms with Crippen molar-refractivity contribution in [2.75, 3.05) is 7.05 Å².